The lowest BCUT2D eigenvalue weighted by Gasteiger charge is -2.20. The number of ether oxygens (including phenoxy) is 1. The van der Waals surface area contributed by atoms with Crippen molar-refractivity contribution in [1.82, 2.24) is 0 Å². The summed E-state index contributed by atoms with van der Waals surface area (Å²) in [5.74, 6) is 0.0711. The minimum absolute atomic E-state index is 0.0711. The molecule has 90 valence electrons. The van der Waals surface area contributed by atoms with E-state index in [1.807, 2.05) is 0 Å². The van der Waals surface area contributed by atoms with Gasteiger partial charge in [-0.3, -0.25) is 0 Å². The Hall–Kier alpha value is -1.36. The van der Waals surface area contributed by atoms with Gasteiger partial charge in [-0.1, -0.05) is 12.1 Å². The third-order valence-corrected chi connectivity index (χ3v) is 1.81. The number of aliphatic hydroxyl groups is 1. The molecule has 0 amide bonds. The summed E-state index contributed by atoms with van der Waals surface area (Å²) in [6, 6.07) is 6.36. The smallest absolute Gasteiger partial charge is 0.387 e. The summed E-state index contributed by atoms with van der Waals surface area (Å²) in [6.07, 6.45) is 0. The summed E-state index contributed by atoms with van der Waals surface area (Å²) < 4.78 is 28.5. The number of halogens is 2. The Labute approximate surface area is 93.0 Å². The molecule has 0 fully saturated rings. The molecule has 0 saturated heterocycles. The van der Waals surface area contributed by atoms with E-state index in [1.165, 1.54) is 6.07 Å². The lowest BCUT2D eigenvalue weighted by molar-refractivity contribution is -0.0493. The van der Waals surface area contributed by atoms with E-state index in [-0.39, 0.29) is 12.3 Å². The largest absolute Gasteiger partial charge is 0.433 e. The molecular weight excluding hydrogens is 216 g/mol. The number of benzene rings is 1. The molecule has 0 saturated carbocycles. The fourth-order valence-corrected chi connectivity index (χ4v) is 1.12. The molecule has 0 unspecified atom stereocenters. The van der Waals surface area contributed by atoms with Crippen molar-refractivity contribution in [2.45, 2.75) is 26.1 Å². The zero-order valence-electron chi connectivity index (χ0n) is 9.21. The van der Waals surface area contributed by atoms with Crippen molar-refractivity contribution in [3.05, 3.63) is 24.3 Å². The Morgan fingerprint density at radius 3 is 2.56 bits per heavy atom. The first-order valence-corrected chi connectivity index (χ1v) is 4.88. The first-order valence-electron chi connectivity index (χ1n) is 4.88. The average Bonchev–Trinajstić information content (AvgIpc) is 2.14. The standard InChI is InChI=1S/C11H15F2NO2/c1-11(2,15)7-14-8-5-3-4-6-9(8)16-10(12)13/h3-6,10,14-15H,7H2,1-2H3. The van der Waals surface area contributed by atoms with Gasteiger partial charge >= 0.3 is 6.61 Å². The molecule has 0 spiro atoms. The van der Waals surface area contributed by atoms with Gasteiger partial charge in [0.2, 0.25) is 0 Å². The van der Waals surface area contributed by atoms with Crippen LogP contribution in [-0.2, 0) is 0 Å². The van der Waals surface area contributed by atoms with Gasteiger partial charge in [0.05, 0.1) is 11.3 Å². The molecule has 2 N–H and O–H groups in total. The van der Waals surface area contributed by atoms with Gasteiger partial charge in [0.15, 0.2) is 0 Å². The van der Waals surface area contributed by atoms with E-state index < -0.39 is 12.2 Å². The number of anilines is 1. The zero-order valence-corrected chi connectivity index (χ0v) is 9.21. The van der Waals surface area contributed by atoms with Crippen LogP contribution in [0.15, 0.2) is 24.3 Å². The summed E-state index contributed by atoms with van der Waals surface area (Å²) in [6.45, 7) is 0.633. The summed E-state index contributed by atoms with van der Waals surface area (Å²) in [5, 5.41) is 12.4. The molecule has 0 aliphatic rings. The van der Waals surface area contributed by atoms with Crippen LogP contribution in [0.4, 0.5) is 14.5 Å². The fraction of sp³-hybridized carbons (Fsp3) is 0.455. The molecule has 0 radical (unpaired) electrons. The maximum Gasteiger partial charge on any atom is 0.387 e. The number of para-hydroxylation sites is 2. The summed E-state index contributed by atoms with van der Waals surface area (Å²) in [5.41, 5.74) is -0.484. The van der Waals surface area contributed by atoms with Crippen molar-refractivity contribution in [1.29, 1.82) is 0 Å². The van der Waals surface area contributed by atoms with E-state index >= 15 is 0 Å². The van der Waals surface area contributed by atoms with Gasteiger partial charge in [-0.2, -0.15) is 8.78 Å². The van der Waals surface area contributed by atoms with E-state index in [1.54, 1.807) is 32.0 Å². The van der Waals surface area contributed by atoms with Crippen molar-refractivity contribution in [2.24, 2.45) is 0 Å². The van der Waals surface area contributed by atoms with Gasteiger partial charge in [-0.25, -0.2) is 0 Å². The van der Waals surface area contributed by atoms with Gasteiger partial charge < -0.3 is 15.2 Å². The molecule has 0 aromatic heterocycles. The SMILES string of the molecule is CC(C)(O)CNc1ccccc1OC(F)F. The van der Waals surface area contributed by atoms with Crippen molar-refractivity contribution in [3.8, 4) is 5.75 Å². The normalized spacial score (nSPS) is 11.6. The Morgan fingerprint density at radius 2 is 2.00 bits per heavy atom. The molecule has 0 atom stereocenters. The van der Waals surface area contributed by atoms with Crippen LogP contribution in [-0.4, -0.2) is 23.9 Å². The van der Waals surface area contributed by atoms with Crippen molar-refractivity contribution >= 4 is 5.69 Å². The van der Waals surface area contributed by atoms with Crippen LogP contribution in [0.3, 0.4) is 0 Å². The fourth-order valence-electron chi connectivity index (χ4n) is 1.12. The van der Waals surface area contributed by atoms with Crippen LogP contribution in [0.1, 0.15) is 13.8 Å². The molecule has 1 aromatic carbocycles. The highest BCUT2D eigenvalue weighted by atomic mass is 19.3. The average molecular weight is 231 g/mol. The highest BCUT2D eigenvalue weighted by Gasteiger charge is 2.14. The van der Waals surface area contributed by atoms with E-state index in [4.69, 9.17) is 0 Å². The topological polar surface area (TPSA) is 41.5 Å². The monoisotopic (exact) mass is 231 g/mol. The summed E-state index contributed by atoms with van der Waals surface area (Å²) in [7, 11) is 0. The molecule has 0 bridgehead atoms. The van der Waals surface area contributed by atoms with Crippen molar-refractivity contribution < 1.29 is 18.6 Å². The lowest BCUT2D eigenvalue weighted by Crippen LogP contribution is -2.29. The van der Waals surface area contributed by atoms with Gasteiger partial charge in [-0.05, 0) is 26.0 Å². The van der Waals surface area contributed by atoms with Crippen LogP contribution in [0.5, 0.6) is 5.75 Å². The Balaban J connectivity index is 2.71. The molecule has 16 heavy (non-hydrogen) atoms. The van der Waals surface area contributed by atoms with Crippen LogP contribution in [0.25, 0.3) is 0 Å². The second kappa shape index (κ2) is 5.12. The quantitative estimate of drug-likeness (QED) is 0.818. The maximum absolute atomic E-state index is 12.1. The van der Waals surface area contributed by atoms with Gasteiger partial charge in [0, 0.05) is 6.54 Å². The van der Waals surface area contributed by atoms with Gasteiger partial charge in [0.25, 0.3) is 0 Å². The van der Waals surface area contributed by atoms with Gasteiger partial charge in [-0.15, -0.1) is 0 Å². The van der Waals surface area contributed by atoms with Crippen LogP contribution in [0.2, 0.25) is 0 Å². The molecule has 3 nitrogen and oxygen atoms in total. The molecule has 0 heterocycles. The predicted molar refractivity (Wildman–Crippen MR) is 57.9 cm³/mol. The molecular formula is C11H15F2NO2. The number of rotatable bonds is 5. The Kier molecular flexibility index (Phi) is 4.06. The van der Waals surface area contributed by atoms with Crippen LogP contribution >= 0.6 is 0 Å². The third kappa shape index (κ3) is 4.44. The zero-order chi connectivity index (χ0) is 12.2. The minimum atomic E-state index is -2.86. The van der Waals surface area contributed by atoms with Crippen LogP contribution < -0.4 is 10.1 Å². The summed E-state index contributed by atoms with van der Waals surface area (Å²) >= 11 is 0. The number of hydrogen-bond donors (Lipinski definition) is 2. The maximum atomic E-state index is 12.1. The molecule has 1 rings (SSSR count). The van der Waals surface area contributed by atoms with E-state index in [2.05, 4.69) is 10.1 Å². The van der Waals surface area contributed by atoms with Gasteiger partial charge in [0.1, 0.15) is 5.75 Å². The van der Waals surface area contributed by atoms with E-state index in [9.17, 15) is 13.9 Å². The van der Waals surface area contributed by atoms with E-state index in [0.717, 1.165) is 0 Å². The second-order valence-corrected chi connectivity index (χ2v) is 4.04. The molecule has 5 heteroatoms. The highest BCUT2D eigenvalue weighted by Crippen LogP contribution is 2.25. The number of hydrogen-bond acceptors (Lipinski definition) is 3. The predicted octanol–water partition coefficient (Wildman–Crippen LogP) is 2.47. The Bertz CT molecular complexity index is 337. The lowest BCUT2D eigenvalue weighted by atomic mass is 10.1. The summed E-state index contributed by atoms with van der Waals surface area (Å²) in [4.78, 5) is 0. The molecule has 0 aliphatic carbocycles. The van der Waals surface area contributed by atoms with Crippen molar-refractivity contribution in [3.63, 3.8) is 0 Å². The van der Waals surface area contributed by atoms with Crippen LogP contribution in [0, 0.1) is 0 Å². The molecule has 1 aromatic rings. The molecule has 0 aliphatic heterocycles. The first-order chi connectivity index (χ1) is 7.38. The minimum Gasteiger partial charge on any atom is -0.433 e. The Morgan fingerprint density at radius 1 is 1.38 bits per heavy atom. The number of nitrogens with one attached hydrogen (secondary N) is 1. The van der Waals surface area contributed by atoms with E-state index in [0.29, 0.717) is 5.69 Å². The highest BCUT2D eigenvalue weighted by molar-refractivity contribution is 5.56. The number of alkyl halides is 2. The first kappa shape index (κ1) is 12.7. The van der Waals surface area contributed by atoms with Crippen molar-refractivity contribution in [2.75, 3.05) is 11.9 Å². The second-order valence-electron chi connectivity index (χ2n) is 4.04. The third-order valence-electron chi connectivity index (χ3n) is 1.81.